The zero-order chi connectivity index (χ0) is 22.7. The molecule has 11 heteroatoms. The van der Waals surface area contributed by atoms with E-state index in [1.807, 2.05) is 0 Å². The lowest BCUT2D eigenvalue weighted by atomic mass is 9.38. The second kappa shape index (κ2) is 7.43. The highest BCUT2D eigenvalue weighted by Crippen LogP contribution is 2.68. The fourth-order valence-corrected chi connectivity index (χ4v) is 5.08. The van der Waals surface area contributed by atoms with Crippen molar-refractivity contribution in [2.45, 2.75) is 61.6 Å². The van der Waals surface area contributed by atoms with Gasteiger partial charge in [0, 0.05) is 35.4 Å². The Labute approximate surface area is 185 Å². The van der Waals surface area contributed by atoms with E-state index in [2.05, 4.69) is 15.2 Å². The van der Waals surface area contributed by atoms with Gasteiger partial charge in [-0.1, -0.05) is 22.8 Å². The fourth-order valence-electron chi connectivity index (χ4n) is 4.96. The number of ether oxygens (including phenoxy) is 2. The molecule has 4 aliphatic carbocycles. The summed E-state index contributed by atoms with van der Waals surface area (Å²) in [5.41, 5.74) is 0.564. The lowest BCUT2D eigenvalue weighted by Crippen LogP contribution is -2.76. The third-order valence-electron chi connectivity index (χ3n) is 6.49. The van der Waals surface area contributed by atoms with Gasteiger partial charge in [0.2, 0.25) is 5.91 Å². The van der Waals surface area contributed by atoms with Gasteiger partial charge in [0.15, 0.2) is 0 Å². The molecule has 6 nitrogen and oxygen atoms in total. The minimum Gasteiger partial charge on any atom is -0.368 e. The third-order valence-corrected chi connectivity index (χ3v) is 6.79. The summed E-state index contributed by atoms with van der Waals surface area (Å²) in [5, 5.41) is 7.02. The summed E-state index contributed by atoms with van der Waals surface area (Å²) in [4.78, 5) is 12.2. The molecule has 1 aromatic heterocycles. The second-order valence-corrected chi connectivity index (χ2v) is 9.34. The minimum atomic E-state index is -4.65. The molecule has 4 aliphatic rings. The highest BCUT2D eigenvalue weighted by Gasteiger charge is 2.71. The van der Waals surface area contributed by atoms with E-state index in [1.54, 1.807) is 12.1 Å². The number of halogens is 5. The van der Waals surface area contributed by atoms with E-state index < -0.39 is 24.4 Å². The normalized spacial score (nSPS) is 30.8. The summed E-state index contributed by atoms with van der Waals surface area (Å²) in [6, 6.07) is 6.21. The molecule has 2 bridgehead atoms. The number of aromatic nitrogens is 1. The number of carbonyl (C=O) groups excluding carboxylic acids is 1. The molecule has 0 unspecified atom stereocenters. The van der Waals surface area contributed by atoms with Gasteiger partial charge in [0.05, 0.1) is 17.2 Å². The molecule has 6 rings (SSSR count). The molecule has 0 atom stereocenters. The average Bonchev–Trinajstić information content (AvgIpc) is 3.10. The van der Waals surface area contributed by atoms with E-state index in [1.165, 1.54) is 12.1 Å². The Bertz CT molecular complexity index is 1030. The van der Waals surface area contributed by atoms with Crippen LogP contribution in [0.4, 0.5) is 17.6 Å². The molecule has 1 heterocycles. The number of hydrogen-bond acceptors (Lipinski definition) is 5. The van der Waals surface area contributed by atoms with Gasteiger partial charge in [0.1, 0.15) is 23.9 Å². The van der Waals surface area contributed by atoms with Crippen LogP contribution in [-0.4, -0.2) is 41.8 Å². The van der Waals surface area contributed by atoms with Crippen LogP contribution in [-0.2, 0) is 19.7 Å². The van der Waals surface area contributed by atoms with Crippen LogP contribution in [0.1, 0.15) is 37.9 Å². The number of rotatable bonds is 7. The van der Waals surface area contributed by atoms with Crippen LogP contribution in [0.2, 0.25) is 5.02 Å². The average molecular weight is 475 g/mol. The highest BCUT2D eigenvalue weighted by atomic mass is 35.5. The molecule has 0 aliphatic heterocycles. The number of hydrogen-bond donors (Lipinski definition) is 1. The molecule has 0 radical (unpaired) electrons. The minimum absolute atomic E-state index is 0.0327. The number of nitrogens with one attached hydrogen (secondary N) is 1. The fraction of sp³-hybridized carbons (Fsp3) is 0.524. The van der Waals surface area contributed by atoms with Gasteiger partial charge in [-0.25, -0.2) is 4.39 Å². The first-order valence-corrected chi connectivity index (χ1v) is 10.5. The lowest BCUT2D eigenvalue weighted by Gasteiger charge is -2.69. The lowest BCUT2D eigenvalue weighted by molar-refractivity contribution is -0.357. The summed E-state index contributed by atoms with van der Waals surface area (Å²) in [7, 11) is 0. The van der Waals surface area contributed by atoms with Crippen LogP contribution < -0.4 is 5.32 Å². The topological polar surface area (TPSA) is 73.6 Å². The van der Waals surface area contributed by atoms with E-state index in [0.717, 1.165) is 0 Å². The predicted molar refractivity (Wildman–Crippen MR) is 103 cm³/mol. The maximum absolute atomic E-state index is 13.7. The molecular weight excluding hydrogens is 456 g/mol. The van der Waals surface area contributed by atoms with Gasteiger partial charge >= 0.3 is 6.36 Å². The number of benzene rings is 1. The monoisotopic (exact) mass is 474 g/mol. The van der Waals surface area contributed by atoms with Crippen molar-refractivity contribution in [3.8, 4) is 11.3 Å². The molecule has 1 N–H and O–H groups in total. The van der Waals surface area contributed by atoms with Crippen LogP contribution in [0.25, 0.3) is 11.3 Å². The third kappa shape index (κ3) is 3.99. The van der Waals surface area contributed by atoms with Crippen molar-refractivity contribution in [3.63, 3.8) is 0 Å². The molecule has 4 saturated carbocycles. The number of amides is 1. The van der Waals surface area contributed by atoms with E-state index in [0.29, 0.717) is 36.3 Å². The van der Waals surface area contributed by atoms with Crippen molar-refractivity contribution >= 4 is 17.5 Å². The summed E-state index contributed by atoms with van der Waals surface area (Å²) in [5.74, 6) is -0.137. The highest BCUT2D eigenvalue weighted by molar-refractivity contribution is 6.30. The molecule has 1 aromatic carbocycles. The van der Waals surface area contributed by atoms with E-state index in [-0.39, 0.29) is 41.3 Å². The number of nitrogens with zero attached hydrogens (tertiary/aromatic N) is 1. The Hall–Kier alpha value is -2.17. The molecule has 172 valence electrons. The van der Waals surface area contributed by atoms with Gasteiger partial charge in [0.25, 0.3) is 0 Å². The van der Waals surface area contributed by atoms with Crippen LogP contribution >= 0.6 is 11.6 Å². The van der Waals surface area contributed by atoms with Gasteiger partial charge in [-0.15, -0.1) is 13.2 Å². The summed E-state index contributed by atoms with van der Waals surface area (Å²) >= 11 is 5.71. The van der Waals surface area contributed by atoms with Crippen LogP contribution in [0.3, 0.4) is 0 Å². The van der Waals surface area contributed by atoms with Crippen molar-refractivity contribution in [2.75, 3.05) is 6.61 Å². The molecule has 32 heavy (non-hydrogen) atoms. The van der Waals surface area contributed by atoms with Crippen molar-refractivity contribution in [2.24, 2.45) is 0 Å². The zero-order valence-corrected chi connectivity index (χ0v) is 17.4. The maximum atomic E-state index is 13.7. The number of carbonyl (C=O) groups is 1. The Kier molecular flexibility index (Phi) is 5.03. The zero-order valence-electron chi connectivity index (χ0n) is 16.7. The van der Waals surface area contributed by atoms with Gasteiger partial charge < -0.3 is 14.6 Å². The van der Waals surface area contributed by atoms with Crippen molar-refractivity contribution in [1.82, 2.24) is 10.5 Å². The number of alkyl halides is 3. The van der Waals surface area contributed by atoms with Gasteiger partial charge in [-0.3, -0.25) is 9.53 Å². The SMILES string of the molecule is O=C(CO[C@H]1C[C@@H](OC(F)(F)F)C1)NC12CC(c3cc(-c4ccc(Cl)c(F)c4)no3)(C1)C2. The van der Waals surface area contributed by atoms with E-state index in [9.17, 15) is 22.4 Å². The Balaban J connectivity index is 1.08. The largest absolute Gasteiger partial charge is 0.522 e. The molecule has 2 aromatic rings. The van der Waals surface area contributed by atoms with E-state index in [4.69, 9.17) is 20.9 Å². The summed E-state index contributed by atoms with van der Waals surface area (Å²) in [6.07, 6.45) is -3.64. The molecule has 4 fully saturated rings. The van der Waals surface area contributed by atoms with E-state index >= 15 is 0 Å². The molecule has 0 saturated heterocycles. The second-order valence-electron chi connectivity index (χ2n) is 8.93. The van der Waals surface area contributed by atoms with Gasteiger partial charge in [-0.05, 0) is 31.4 Å². The van der Waals surface area contributed by atoms with Gasteiger partial charge in [-0.2, -0.15) is 0 Å². The standard InChI is InChI=1S/C21H19ClF4N2O4/c22-14-2-1-11(3-15(14)23)16-6-17(32-28-16)19-8-20(9-19,10-19)27-18(29)7-30-12-4-13(5-12)31-21(24,25)26/h1-3,6,12-13H,4-5,7-10H2,(H,27,29)/t12-,13+,19?,20?. The van der Waals surface area contributed by atoms with Crippen molar-refractivity contribution < 1.29 is 36.4 Å². The first kappa shape index (κ1) is 21.7. The Morgan fingerprint density at radius 2 is 1.94 bits per heavy atom. The van der Waals surface area contributed by atoms with Crippen LogP contribution in [0.5, 0.6) is 0 Å². The molecule has 0 spiro atoms. The summed E-state index contributed by atoms with van der Waals surface area (Å²) < 4.78 is 64.8. The molecular formula is C21H19ClF4N2O4. The maximum Gasteiger partial charge on any atom is 0.522 e. The Morgan fingerprint density at radius 1 is 1.22 bits per heavy atom. The van der Waals surface area contributed by atoms with Crippen molar-refractivity contribution in [1.29, 1.82) is 0 Å². The first-order chi connectivity index (χ1) is 15.0. The predicted octanol–water partition coefficient (Wildman–Crippen LogP) is 4.51. The molecule has 1 amide bonds. The van der Waals surface area contributed by atoms with Crippen molar-refractivity contribution in [3.05, 3.63) is 40.9 Å². The summed E-state index contributed by atoms with van der Waals surface area (Å²) in [6.45, 7) is -0.202. The quantitative estimate of drug-likeness (QED) is 0.598. The Morgan fingerprint density at radius 3 is 2.59 bits per heavy atom. The van der Waals surface area contributed by atoms with Crippen LogP contribution in [0.15, 0.2) is 28.8 Å². The first-order valence-electron chi connectivity index (χ1n) is 10.1. The van der Waals surface area contributed by atoms with Crippen LogP contribution in [0, 0.1) is 5.82 Å². The smallest absolute Gasteiger partial charge is 0.368 e.